The molecule has 7 heteroatoms. The fraction of sp³-hybridized carbons (Fsp3) is 0.810. The van der Waals surface area contributed by atoms with Crippen LogP contribution in [0.3, 0.4) is 0 Å². The second-order valence-corrected chi connectivity index (χ2v) is 8.72. The van der Waals surface area contributed by atoms with Gasteiger partial charge in [0.2, 0.25) is 11.8 Å². The summed E-state index contributed by atoms with van der Waals surface area (Å²) in [7, 11) is 0. The summed E-state index contributed by atoms with van der Waals surface area (Å²) in [6.45, 7) is 4.20. The van der Waals surface area contributed by atoms with E-state index in [2.05, 4.69) is 29.5 Å². The highest BCUT2D eigenvalue weighted by Crippen LogP contribution is 2.28. The molecule has 2 atom stereocenters. The third-order valence-electron chi connectivity index (χ3n) is 5.70. The Kier molecular flexibility index (Phi) is 8.93. The molecule has 0 aromatic rings. The van der Waals surface area contributed by atoms with Crippen LogP contribution in [0.25, 0.3) is 0 Å². The first kappa shape index (κ1) is 22.4. The molecule has 1 aliphatic heterocycles. The lowest BCUT2D eigenvalue weighted by atomic mass is 9.83. The van der Waals surface area contributed by atoms with Gasteiger partial charge in [-0.05, 0) is 31.1 Å². The summed E-state index contributed by atoms with van der Waals surface area (Å²) in [6, 6.07) is -0.626. The Morgan fingerprint density at radius 2 is 1.93 bits per heavy atom. The maximum atomic E-state index is 12.7. The number of Topliss-reactive ketones (excluding diaryl/α,β-unsaturated/α-hetero) is 1. The number of amides is 2. The van der Waals surface area contributed by atoms with Crippen molar-refractivity contribution in [3.05, 3.63) is 0 Å². The van der Waals surface area contributed by atoms with Gasteiger partial charge in [0.25, 0.3) is 0 Å². The fourth-order valence-electron chi connectivity index (χ4n) is 4.04. The maximum absolute atomic E-state index is 12.7. The zero-order chi connectivity index (χ0) is 20.5. The molecule has 158 valence electrons. The number of hydrogen-bond acceptors (Lipinski definition) is 4. The van der Waals surface area contributed by atoms with Crippen molar-refractivity contribution in [2.75, 3.05) is 0 Å². The molecule has 1 saturated heterocycles. The maximum Gasteiger partial charge on any atom is 0.228 e. The van der Waals surface area contributed by atoms with Crippen LogP contribution in [0.5, 0.6) is 0 Å². The molecule has 0 unspecified atom stereocenters. The first-order chi connectivity index (χ1) is 13.3. The van der Waals surface area contributed by atoms with E-state index < -0.39 is 6.04 Å². The van der Waals surface area contributed by atoms with Gasteiger partial charge in [0, 0.05) is 25.3 Å². The molecule has 0 aromatic carbocycles. The van der Waals surface area contributed by atoms with Crippen LogP contribution in [-0.2, 0) is 14.4 Å². The Balaban J connectivity index is 1.93. The van der Waals surface area contributed by atoms with Gasteiger partial charge in [0.15, 0.2) is 11.7 Å². The molecule has 0 radical (unpaired) electrons. The van der Waals surface area contributed by atoms with E-state index in [0.717, 1.165) is 19.3 Å². The smallest absolute Gasteiger partial charge is 0.228 e. The molecule has 1 heterocycles. The van der Waals surface area contributed by atoms with E-state index in [0.29, 0.717) is 37.5 Å². The quantitative estimate of drug-likeness (QED) is 0.413. The van der Waals surface area contributed by atoms with Crippen molar-refractivity contribution >= 4 is 23.6 Å². The molecular formula is C21H36N4O3. The molecule has 0 spiro atoms. The van der Waals surface area contributed by atoms with Gasteiger partial charge in [-0.25, -0.2) is 4.99 Å². The minimum absolute atomic E-state index is 0.00744. The van der Waals surface area contributed by atoms with Gasteiger partial charge in [-0.1, -0.05) is 46.0 Å². The van der Waals surface area contributed by atoms with E-state index in [1.807, 2.05) is 0 Å². The number of aliphatic imine (C=N–C) groups is 1. The van der Waals surface area contributed by atoms with Gasteiger partial charge in [0.1, 0.15) is 6.04 Å². The molecule has 7 nitrogen and oxygen atoms in total. The molecule has 28 heavy (non-hydrogen) atoms. The van der Waals surface area contributed by atoms with E-state index in [9.17, 15) is 14.4 Å². The number of nitrogens with one attached hydrogen (secondary N) is 2. The van der Waals surface area contributed by atoms with E-state index >= 15 is 0 Å². The molecule has 1 aliphatic carbocycles. The monoisotopic (exact) mass is 392 g/mol. The summed E-state index contributed by atoms with van der Waals surface area (Å²) in [5.41, 5.74) is 5.95. The number of nitrogens with two attached hydrogens (primary N) is 1. The normalized spacial score (nSPS) is 22.2. The first-order valence-corrected chi connectivity index (χ1v) is 10.8. The van der Waals surface area contributed by atoms with Crippen molar-refractivity contribution in [1.29, 1.82) is 0 Å². The van der Waals surface area contributed by atoms with Crippen molar-refractivity contribution in [2.24, 2.45) is 22.6 Å². The highest BCUT2D eigenvalue weighted by atomic mass is 16.2. The van der Waals surface area contributed by atoms with E-state index in [1.165, 1.54) is 19.3 Å². The average molecular weight is 393 g/mol. The van der Waals surface area contributed by atoms with Crippen molar-refractivity contribution in [2.45, 2.75) is 96.6 Å². The van der Waals surface area contributed by atoms with Crippen LogP contribution in [0.15, 0.2) is 4.99 Å². The van der Waals surface area contributed by atoms with Gasteiger partial charge in [0.05, 0.1) is 0 Å². The predicted molar refractivity (Wildman–Crippen MR) is 110 cm³/mol. The van der Waals surface area contributed by atoms with Crippen molar-refractivity contribution in [1.82, 2.24) is 10.6 Å². The molecule has 0 bridgehead atoms. The van der Waals surface area contributed by atoms with Crippen molar-refractivity contribution in [3.8, 4) is 0 Å². The summed E-state index contributed by atoms with van der Waals surface area (Å²) in [6.07, 6.45) is 9.29. The number of carbonyl (C=O) groups excluding carboxylic acids is 3. The van der Waals surface area contributed by atoms with E-state index in [-0.39, 0.29) is 36.0 Å². The summed E-state index contributed by atoms with van der Waals surface area (Å²) in [5, 5.41) is 5.36. The van der Waals surface area contributed by atoms with Gasteiger partial charge in [-0.3, -0.25) is 19.7 Å². The van der Waals surface area contributed by atoms with E-state index in [1.54, 1.807) is 0 Å². The SMILES string of the molecule is CC(C)CCC(=O)[C@@H](CC1CCCCC1)N=C(N)NC(=O)C[C@@H]1CCC(=O)N1. The molecule has 2 rings (SSSR count). The fourth-order valence-corrected chi connectivity index (χ4v) is 4.04. The number of ketones is 1. The second kappa shape index (κ2) is 11.2. The van der Waals surface area contributed by atoms with Crippen LogP contribution in [0.2, 0.25) is 0 Å². The van der Waals surface area contributed by atoms with Gasteiger partial charge in [-0.15, -0.1) is 0 Å². The lowest BCUT2D eigenvalue weighted by Crippen LogP contribution is -2.41. The average Bonchev–Trinajstić information content (AvgIpc) is 3.04. The molecule has 1 saturated carbocycles. The molecular weight excluding hydrogens is 356 g/mol. The third kappa shape index (κ3) is 7.98. The largest absolute Gasteiger partial charge is 0.370 e. The number of carbonyl (C=O) groups is 3. The van der Waals surface area contributed by atoms with Crippen LogP contribution in [0.1, 0.15) is 84.5 Å². The Hall–Kier alpha value is -1.92. The molecule has 2 fully saturated rings. The molecule has 0 aromatic heterocycles. The highest BCUT2D eigenvalue weighted by molar-refractivity contribution is 5.98. The summed E-state index contributed by atoms with van der Waals surface area (Å²) >= 11 is 0. The minimum Gasteiger partial charge on any atom is -0.370 e. The minimum atomic E-state index is -0.478. The summed E-state index contributed by atoms with van der Waals surface area (Å²) in [4.78, 5) is 40.5. The Bertz CT molecular complexity index is 582. The highest BCUT2D eigenvalue weighted by Gasteiger charge is 2.26. The Labute approximate surface area is 168 Å². The van der Waals surface area contributed by atoms with Crippen LogP contribution in [-0.4, -0.2) is 35.6 Å². The lowest BCUT2D eigenvalue weighted by molar-refractivity contribution is -0.122. The Morgan fingerprint density at radius 1 is 1.21 bits per heavy atom. The third-order valence-corrected chi connectivity index (χ3v) is 5.70. The van der Waals surface area contributed by atoms with Gasteiger partial charge in [-0.2, -0.15) is 0 Å². The predicted octanol–water partition coefficient (Wildman–Crippen LogP) is 2.43. The van der Waals surface area contributed by atoms with Gasteiger partial charge < -0.3 is 11.1 Å². The Morgan fingerprint density at radius 3 is 2.54 bits per heavy atom. The topological polar surface area (TPSA) is 114 Å². The van der Waals surface area contributed by atoms with Crippen molar-refractivity contribution in [3.63, 3.8) is 0 Å². The number of guanidine groups is 1. The number of hydrogen-bond donors (Lipinski definition) is 3. The number of nitrogens with zero attached hydrogens (tertiary/aromatic N) is 1. The standard InChI is InChI=1S/C21H36N4O3/c1-14(2)8-10-18(26)17(12-15-6-4-3-5-7-15)24-21(22)25-20(28)13-16-9-11-19(27)23-16/h14-17H,3-13H2,1-2H3,(H,23,27)(H3,22,24,25,28)/t16-,17+/m0/s1. The lowest BCUT2D eigenvalue weighted by Gasteiger charge is -2.24. The second-order valence-electron chi connectivity index (χ2n) is 8.72. The van der Waals surface area contributed by atoms with Crippen LogP contribution in [0.4, 0.5) is 0 Å². The van der Waals surface area contributed by atoms with Gasteiger partial charge >= 0.3 is 0 Å². The molecule has 4 N–H and O–H groups in total. The molecule has 2 amide bonds. The van der Waals surface area contributed by atoms with Crippen molar-refractivity contribution < 1.29 is 14.4 Å². The number of rotatable bonds is 9. The van der Waals surface area contributed by atoms with Crippen LogP contribution >= 0.6 is 0 Å². The first-order valence-electron chi connectivity index (χ1n) is 10.8. The van der Waals surface area contributed by atoms with Crippen LogP contribution in [0, 0.1) is 11.8 Å². The van der Waals surface area contributed by atoms with E-state index in [4.69, 9.17) is 5.73 Å². The van der Waals surface area contributed by atoms with Crippen LogP contribution < -0.4 is 16.4 Å². The zero-order valence-electron chi connectivity index (χ0n) is 17.3. The summed E-state index contributed by atoms with van der Waals surface area (Å²) < 4.78 is 0. The summed E-state index contributed by atoms with van der Waals surface area (Å²) in [5.74, 6) is 0.777. The molecule has 2 aliphatic rings. The zero-order valence-corrected chi connectivity index (χ0v) is 17.3.